The molecule has 0 amide bonds. The number of hydrogen-bond acceptors (Lipinski definition) is 2. The van der Waals surface area contributed by atoms with E-state index in [9.17, 15) is 0 Å². The van der Waals surface area contributed by atoms with Crippen LogP contribution in [-0.4, -0.2) is 43.1 Å². The van der Waals surface area contributed by atoms with Crippen LogP contribution in [0.5, 0.6) is 0 Å². The van der Waals surface area contributed by atoms with Gasteiger partial charge in [0.1, 0.15) is 0 Å². The van der Waals surface area contributed by atoms with Gasteiger partial charge in [0.25, 0.3) is 0 Å². The summed E-state index contributed by atoms with van der Waals surface area (Å²) in [5.74, 6) is 0. The molecule has 1 saturated heterocycles. The highest BCUT2D eigenvalue weighted by molar-refractivity contribution is 6.20. The fraction of sp³-hybridized carbons (Fsp3) is 1.00. The topological polar surface area (TPSA) is 12.5 Å². The Morgan fingerprint density at radius 2 is 2.42 bits per heavy atom. The minimum absolute atomic E-state index is 0.361. The molecule has 0 radical (unpaired) electrons. The molecule has 2 nitrogen and oxygen atoms in total. The van der Waals surface area contributed by atoms with Gasteiger partial charge in [-0.3, -0.25) is 4.90 Å². The lowest BCUT2D eigenvalue weighted by atomic mass is 10.1. The summed E-state index contributed by atoms with van der Waals surface area (Å²) in [5.41, 5.74) is 0. The summed E-state index contributed by atoms with van der Waals surface area (Å²) in [6, 6.07) is 0. The van der Waals surface area contributed by atoms with Crippen LogP contribution in [0.15, 0.2) is 0 Å². The van der Waals surface area contributed by atoms with Crippen LogP contribution in [0.25, 0.3) is 0 Å². The predicted octanol–water partition coefficient (Wildman–Crippen LogP) is 1.73. The van der Waals surface area contributed by atoms with Gasteiger partial charge in [0.05, 0.1) is 6.61 Å². The van der Waals surface area contributed by atoms with Crippen LogP contribution in [0.3, 0.4) is 0 Å². The Labute approximate surface area is 79.8 Å². The SMILES string of the molecule is CCOCCN1CCCC(Cl)C1. The number of halogens is 1. The Morgan fingerprint density at radius 1 is 1.58 bits per heavy atom. The number of ether oxygens (including phenoxy) is 1. The van der Waals surface area contributed by atoms with E-state index in [4.69, 9.17) is 16.3 Å². The highest BCUT2D eigenvalue weighted by Crippen LogP contribution is 2.14. The second kappa shape index (κ2) is 5.79. The van der Waals surface area contributed by atoms with Gasteiger partial charge < -0.3 is 4.74 Å². The van der Waals surface area contributed by atoms with Gasteiger partial charge in [-0.05, 0) is 26.3 Å². The van der Waals surface area contributed by atoms with Crippen molar-refractivity contribution in [2.24, 2.45) is 0 Å². The number of piperidine rings is 1. The minimum Gasteiger partial charge on any atom is -0.380 e. The zero-order valence-electron chi connectivity index (χ0n) is 7.76. The molecule has 72 valence electrons. The number of nitrogens with zero attached hydrogens (tertiary/aromatic N) is 1. The van der Waals surface area contributed by atoms with Crippen LogP contribution in [0.2, 0.25) is 0 Å². The van der Waals surface area contributed by atoms with E-state index >= 15 is 0 Å². The number of rotatable bonds is 4. The summed E-state index contributed by atoms with van der Waals surface area (Å²) in [6.07, 6.45) is 2.41. The summed E-state index contributed by atoms with van der Waals surface area (Å²) >= 11 is 6.04. The smallest absolute Gasteiger partial charge is 0.0593 e. The van der Waals surface area contributed by atoms with E-state index in [-0.39, 0.29) is 0 Å². The van der Waals surface area contributed by atoms with Gasteiger partial charge in [-0.25, -0.2) is 0 Å². The standard InChI is InChI=1S/C9H18ClNO/c1-2-12-7-6-11-5-3-4-9(10)8-11/h9H,2-8H2,1H3. The molecule has 0 spiro atoms. The van der Waals surface area contributed by atoms with E-state index in [1.165, 1.54) is 19.4 Å². The van der Waals surface area contributed by atoms with E-state index in [0.717, 1.165) is 26.3 Å². The third kappa shape index (κ3) is 3.74. The van der Waals surface area contributed by atoms with Gasteiger partial charge in [-0.15, -0.1) is 11.6 Å². The van der Waals surface area contributed by atoms with E-state index < -0.39 is 0 Å². The van der Waals surface area contributed by atoms with Crippen LogP contribution in [0.4, 0.5) is 0 Å². The minimum atomic E-state index is 0.361. The van der Waals surface area contributed by atoms with Gasteiger partial charge in [-0.1, -0.05) is 0 Å². The molecule has 0 aromatic rings. The molecular weight excluding hydrogens is 174 g/mol. The second-order valence-corrected chi connectivity index (χ2v) is 3.85. The Hall–Kier alpha value is 0.210. The molecule has 1 aliphatic rings. The normalized spacial score (nSPS) is 26.0. The van der Waals surface area contributed by atoms with Crippen LogP contribution in [-0.2, 0) is 4.74 Å². The van der Waals surface area contributed by atoms with Crippen LogP contribution in [0.1, 0.15) is 19.8 Å². The molecule has 1 heterocycles. The number of hydrogen-bond donors (Lipinski definition) is 0. The summed E-state index contributed by atoms with van der Waals surface area (Å²) in [6.45, 7) is 6.96. The number of likely N-dealkylation sites (tertiary alicyclic amines) is 1. The molecule has 0 aliphatic carbocycles. The van der Waals surface area contributed by atoms with E-state index in [1.807, 2.05) is 6.92 Å². The molecule has 1 atom stereocenters. The van der Waals surface area contributed by atoms with E-state index in [0.29, 0.717) is 5.38 Å². The number of alkyl halides is 1. The van der Waals surface area contributed by atoms with Crippen molar-refractivity contribution in [3.8, 4) is 0 Å². The van der Waals surface area contributed by atoms with Crippen molar-refractivity contribution < 1.29 is 4.74 Å². The highest BCUT2D eigenvalue weighted by atomic mass is 35.5. The van der Waals surface area contributed by atoms with Crippen molar-refractivity contribution in [1.82, 2.24) is 4.90 Å². The molecule has 1 aliphatic heterocycles. The second-order valence-electron chi connectivity index (χ2n) is 3.24. The van der Waals surface area contributed by atoms with Crippen molar-refractivity contribution in [3.05, 3.63) is 0 Å². The molecule has 12 heavy (non-hydrogen) atoms. The summed E-state index contributed by atoms with van der Waals surface area (Å²) in [5, 5.41) is 0.361. The van der Waals surface area contributed by atoms with Crippen molar-refractivity contribution in [3.63, 3.8) is 0 Å². The Balaban J connectivity index is 2.06. The van der Waals surface area contributed by atoms with Crippen LogP contribution >= 0.6 is 11.6 Å². The monoisotopic (exact) mass is 191 g/mol. The summed E-state index contributed by atoms with van der Waals surface area (Å²) in [7, 11) is 0. The van der Waals surface area contributed by atoms with Gasteiger partial charge in [-0.2, -0.15) is 0 Å². The van der Waals surface area contributed by atoms with Crippen LogP contribution < -0.4 is 0 Å². The highest BCUT2D eigenvalue weighted by Gasteiger charge is 2.16. The first-order chi connectivity index (χ1) is 5.83. The third-order valence-corrected chi connectivity index (χ3v) is 2.56. The molecule has 0 aromatic carbocycles. The van der Waals surface area contributed by atoms with Crippen molar-refractivity contribution in [2.75, 3.05) is 32.8 Å². The zero-order valence-corrected chi connectivity index (χ0v) is 8.52. The van der Waals surface area contributed by atoms with E-state index in [2.05, 4.69) is 4.90 Å². The molecule has 1 fully saturated rings. The Kier molecular flexibility index (Phi) is 4.96. The lowest BCUT2D eigenvalue weighted by Crippen LogP contribution is -2.38. The largest absolute Gasteiger partial charge is 0.380 e. The molecule has 3 heteroatoms. The van der Waals surface area contributed by atoms with Crippen LogP contribution in [0, 0.1) is 0 Å². The fourth-order valence-corrected chi connectivity index (χ4v) is 1.89. The third-order valence-electron chi connectivity index (χ3n) is 2.20. The van der Waals surface area contributed by atoms with Crippen molar-refractivity contribution in [2.45, 2.75) is 25.1 Å². The van der Waals surface area contributed by atoms with Crippen molar-refractivity contribution >= 4 is 11.6 Å². The lowest BCUT2D eigenvalue weighted by molar-refractivity contribution is 0.106. The summed E-state index contributed by atoms with van der Waals surface area (Å²) in [4.78, 5) is 2.39. The first-order valence-corrected chi connectivity index (χ1v) is 5.20. The fourth-order valence-electron chi connectivity index (χ4n) is 1.54. The Bertz CT molecular complexity index is 121. The van der Waals surface area contributed by atoms with Gasteiger partial charge in [0, 0.05) is 25.1 Å². The first-order valence-electron chi connectivity index (χ1n) is 4.77. The Morgan fingerprint density at radius 3 is 3.08 bits per heavy atom. The molecule has 1 rings (SSSR count). The molecule has 0 aromatic heterocycles. The van der Waals surface area contributed by atoms with Crippen molar-refractivity contribution in [1.29, 1.82) is 0 Å². The van der Waals surface area contributed by atoms with E-state index in [1.54, 1.807) is 0 Å². The average molecular weight is 192 g/mol. The van der Waals surface area contributed by atoms with Gasteiger partial charge >= 0.3 is 0 Å². The average Bonchev–Trinajstić information content (AvgIpc) is 2.05. The molecule has 0 saturated carbocycles. The maximum atomic E-state index is 6.04. The summed E-state index contributed by atoms with van der Waals surface area (Å²) < 4.78 is 5.29. The first kappa shape index (κ1) is 10.3. The molecular formula is C9H18ClNO. The predicted molar refractivity (Wildman–Crippen MR) is 51.8 cm³/mol. The maximum absolute atomic E-state index is 6.04. The van der Waals surface area contributed by atoms with Gasteiger partial charge in [0.15, 0.2) is 0 Å². The van der Waals surface area contributed by atoms with Gasteiger partial charge in [0.2, 0.25) is 0 Å². The molecule has 0 N–H and O–H groups in total. The lowest BCUT2D eigenvalue weighted by Gasteiger charge is -2.29. The maximum Gasteiger partial charge on any atom is 0.0593 e. The quantitative estimate of drug-likeness (QED) is 0.496. The zero-order chi connectivity index (χ0) is 8.81. The molecule has 0 bridgehead atoms. The molecule has 1 unspecified atom stereocenters.